The van der Waals surface area contributed by atoms with Crippen LogP contribution < -0.4 is 5.32 Å². The number of aryl methyl sites for hydroxylation is 1. The fraction of sp³-hybridized carbons (Fsp3) is 0.267. The summed E-state index contributed by atoms with van der Waals surface area (Å²) in [5.41, 5.74) is 1.97. The van der Waals surface area contributed by atoms with Crippen LogP contribution in [0.3, 0.4) is 0 Å². The van der Waals surface area contributed by atoms with Gasteiger partial charge in [-0.1, -0.05) is 12.0 Å². The molecule has 0 aliphatic rings. The summed E-state index contributed by atoms with van der Waals surface area (Å²) >= 11 is 0. The van der Waals surface area contributed by atoms with Crippen LogP contribution in [0.5, 0.6) is 0 Å². The Hall–Kier alpha value is -2.21. The number of benzene rings is 1. The second-order valence-electron chi connectivity index (χ2n) is 4.33. The first-order valence-corrected chi connectivity index (χ1v) is 6.08. The van der Waals surface area contributed by atoms with Crippen LogP contribution in [0.4, 0.5) is 5.69 Å². The minimum atomic E-state index is 0.377. The zero-order valence-electron chi connectivity index (χ0n) is 10.5. The molecule has 0 fully saturated rings. The van der Waals surface area contributed by atoms with E-state index in [0.29, 0.717) is 6.04 Å². The quantitative estimate of drug-likeness (QED) is 0.813. The van der Waals surface area contributed by atoms with Gasteiger partial charge in [-0.3, -0.25) is 4.68 Å². The van der Waals surface area contributed by atoms with Crippen molar-refractivity contribution in [3.63, 3.8) is 0 Å². The summed E-state index contributed by atoms with van der Waals surface area (Å²) in [6.07, 6.45) is 10.2. The van der Waals surface area contributed by atoms with Crippen molar-refractivity contribution in [2.24, 2.45) is 0 Å². The summed E-state index contributed by atoms with van der Waals surface area (Å²) in [6.45, 7) is 3.07. The molecule has 0 aliphatic heterocycles. The lowest BCUT2D eigenvalue weighted by molar-refractivity contribution is 0.546. The molecule has 0 unspecified atom stereocenters. The molecule has 1 atom stereocenters. The third kappa shape index (κ3) is 3.39. The van der Waals surface area contributed by atoms with E-state index in [9.17, 15) is 0 Å². The van der Waals surface area contributed by atoms with E-state index >= 15 is 0 Å². The van der Waals surface area contributed by atoms with E-state index < -0.39 is 0 Å². The van der Waals surface area contributed by atoms with Gasteiger partial charge in [-0.05, 0) is 37.6 Å². The molecule has 1 aromatic heterocycles. The Labute approximate surface area is 108 Å². The SMILES string of the molecule is C#Cc1cccc(N[C@@H](C)CCn2cccn2)c1. The van der Waals surface area contributed by atoms with Crippen molar-refractivity contribution in [2.45, 2.75) is 25.9 Å². The number of nitrogens with one attached hydrogen (secondary N) is 1. The maximum absolute atomic E-state index is 5.38. The summed E-state index contributed by atoms with van der Waals surface area (Å²) in [5, 5.41) is 7.63. The molecular weight excluding hydrogens is 222 g/mol. The molecule has 0 amide bonds. The van der Waals surface area contributed by atoms with Crippen LogP contribution in [-0.4, -0.2) is 15.8 Å². The molecule has 1 aromatic carbocycles. The number of hydrogen-bond donors (Lipinski definition) is 1. The Morgan fingerprint density at radius 2 is 2.33 bits per heavy atom. The van der Waals surface area contributed by atoms with Crippen molar-refractivity contribution in [3.8, 4) is 12.3 Å². The van der Waals surface area contributed by atoms with Crippen molar-refractivity contribution in [3.05, 3.63) is 48.3 Å². The Balaban J connectivity index is 1.87. The number of aromatic nitrogens is 2. The van der Waals surface area contributed by atoms with E-state index in [1.165, 1.54) is 0 Å². The molecule has 92 valence electrons. The highest BCUT2D eigenvalue weighted by atomic mass is 15.3. The van der Waals surface area contributed by atoms with Crippen molar-refractivity contribution in [1.29, 1.82) is 0 Å². The van der Waals surface area contributed by atoms with Gasteiger partial charge in [0.25, 0.3) is 0 Å². The first-order valence-electron chi connectivity index (χ1n) is 6.08. The summed E-state index contributed by atoms with van der Waals surface area (Å²) in [4.78, 5) is 0. The molecule has 1 N–H and O–H groups in total. The molecule has 0 saturated heterocycles. The molecule has 3 heteroatoms. The van der Waals surface area contributed by atoms with Crippen LogP contribution in [0.15, 0.2) is 42.7 Å². The first kappa shape index (κ1) is 12.3. The van der Waals surface area contributed by atoms with Gasteiger partial charge in [-0.25, -0.2) is 0 Å². The van der Waals surface area contributed by atoms with Crippen molar-refractivity contribution >= 4 is 5.69 Å². The number of terminal acetylenes is 1. The highest BCUT2D eigenvalue weighted by molar-refractivity contribution is 5.50. The maximum Gasteiger partial charge on any atom is 0.0489 e. The summed E-state index contributed by atoms with van der Waals surface area (Å²) in [5.74, 6) is 2.64. The lowest BCUT2D eigenvalue weighted by atomic mass is 10.2. The van der Waals surface area contributed by atoms with Gasteiger partial charge < -0.3 is 5.32 Å². The van der Waals surface area contributed by atoms with E-state index in [2.05, 4.69) is 23.3 Å². The predicted octanol–water partition coefficient (Wildman–Crippen LogP) is 2.76. The van der Waals surface area contributed by atoms with Crippen LogP contribution in [0.1, 0.15) is 18.9 Å². The maximum atomic E-state index is 5.38. The summed E-state index contributed by atoms with van der Waals surface area (Å²) < 4.78 is 1.94. The molecule has 0 radical (unpaired) electrons. The first-order chi connectivity index (χ1) is 8.78. The average Bonchev–Trinajstić information content (AvgIpc) is 2.90. The van der Waals surface area contributed by atoms with Gasteiger partial charge in [0, 0.05) is 36.2 Å². The minimum absolute atomic E-state index is 0.377. The van der Waals surface area contributed by atoms with Gasteiger partial charge in [0.2, 0.25) is 0 Å². The van der Waals surface area contributed by atoms with Crippen molar-refractivity contribution in [2.75, 3.05) is 5.32 Å². The minimum Gasteiger partial charge on any atom is -0.382 e. The van der Waals surface area contributed by atoms with Crippen LogP contribution >= 0.6 is 0 Å². The van der Waals surface area contributed by atoms with Crippen molar-refractivity contribution < 1.29 is 0 Å². The Morgan fingerprint density at radius 3 is 3.06 bits per heavy atom. The molecule has 3 nitrogen and oxygen atoms in total. The number of anilines is 1. The number of hydrogen-bond acceptors (Lipinski definition) is 2. The largest absolute Gasteiger partial charge is 0.382 e. The standard InChI is InChI=1S/C15H17N3/c1-3-14-6-4-7-15(12-14)17-13(2)8-11-18-10-5-9-16-18/h1,4-7,9-10,12-13,17H,8,11H2,2H3/t13-/m0/s1. The molecule has 1 heterocycles. The third-order valence-corrected chi connectivity index (χ3v) is 2.79. The Bertz CT molecular complexity index is 523. The third-order valence-electron chi connectivity index (χ3n) is 2.79. The number of rotatable bonds is 5. The molecule has 0 bridgehead atoms. The number of nitrogens with zero attached hydrogens (tertiary/aromatic N) is 2. The molecule has 2 aromatic rings. The molecule has 0 saturated carbocycles. The van der Waals surface area contributed by atoms with Crippen LogP contribution in [0.25, 0.3) is 0 Å². The second kappa shape index (κ2) is 5.92. The van der Waals surface area contributed by atoms with E-state index in [1.54, 1.807) is 6.20 Å². The summed E-state index contributed by atoms with van der Waals surface area (Å²) in [6, 6.07) is 10.2. The van der Waals surface area contributed by atoms with Crippen LogP contribution in [0.2, 0.25) is 0 Å². The summed E-state index contributed by atoms with van der Waals surface area (Å²) in [7, 11) is 0. The highest BCUT2D eigenvalue weighted by Crippen LogP contribution is 2.12. The lowest BCUT2D eigenvalue weighted by Gasteiger charge is -2.15. The van der Waals surface area contributed by atoms with E-state index in [1.807, 2.05) is 41.2 Å². The van der Waals surface area contributed by atoms with Crippen LogP contribution in [0, 0.1) is 12.3 Å². The zero-order chi connectivity index (χ0) is 12.8. The van der Waals surface area contributed by atoms with Crippen molar-refractivity contribution in [1.82, 2.24) is 9.78 Å². The average molecular weight is 239 g/mol. The van der Waals surface area contributed by atoms with E-state index in [0.717, 1.165) is 24.2 Å². The van der Waals surface area contributed by atoms with E-state index in [-0.39, 0.29) is 0 Å². The Kier molecular flexibility index (Phi) is 4.03. The monoisotopic (exact) mass is 239 g/mol. The molecule has 0 aliphatic carbocycles. The predicted molar refractivity (Wildman–Crippen MR) is 74.3 cm³/mol. The topological polar surface area (TPSA) is 29.9 Å². The van der Waals surface area contributed by atoms with Gasteiger partial charge >= 0.3 is 0 Å². The molecule has 18 heavy (non-hydrogen) atoms. The second-order valence-corrected chi connectivity index (χ2v) is 4.33. The smallest absolute Gasteiger partial charge is 0.0489 e. The zero-order valence-corrected chi connectivity index (χ0v) is 10.5. The lowest BCUT2D eigenvalue weighted by Crippen LogP contribution is -2.17. The van der Waals surface area contributed by atoms with Gasteiger partial charge in [0.1, 0.15) is 0 Å². The van der Waals surface area contributed by atoms with Gasteiger partial charge in [0.15, 0.2) is 0 Å². The fourth-order valence-electron chi connectivity index (χ4n) is 1.81. The van der Waals surface area contributed by atoms with E-state index in [4.69, 9.17) is 6.42 Å². The van der Waals surface area contributed by atoms with Gasteiger partial charge in [-0.2, -0.15) is 5.10 Å². The highest BCUT2D eigenvalue weighted by Gasteiger charge is 2.03. The molecule has 0 spiro atoms. The van der Waals surface area contributed by atoms with Gasteiger partial charge in [0.05, 0.1) is 0 Å². The Morgan fingerprint density at radius 1 is 1.44 bits per heavy atom. The van der Waals surface area contributed by atoms with Crippen LogP contribution in [-0.2, 0) is 6.54 Å². The fourth-order valence-corrected chi connectivity index (χ4v) is 1.81. The van der Waals surface area contributed by atoms with Gasteiger partial charge in [-0.15, -0.1) is 6.42 Å². The molecule has 2 rings (SSSR count). The molecular formula is C15H17N3. The normalized spacial score (nSPS) is 11.8.